The highest BCUT2D eigenvalue weighted by atomic mass is 19.1. The molecule has 1 saturated carbocycles. The molecule has 0 aliphatic heterocycles. The Kier molecular flexibility index (Phi) is 4.28. The first-order valence-corrected chi connectivity index (χ1v) is 8.69. The van der Waals surface area contributed by atoms with Crippen LogP contribution in [0.4, 0.5) is 4.39 Å². The zero-order valence-corrected chi connectivity index (χ0v) is 14.1. The van der Waals surface area contributed by atoms with Gasteiger partial charge in [-0.25, -0.2) is 14.1 Å². The largest absolute Gasteiger partial charge is 0.481 e. The molecule has 1 N–H and O–H groups in total. The maximum atomic E-state index is 14.0. The molecule has 7 heteroatoms. The van der Waals surface area contributed by atoms with Crippen molar-refractivity contribution in [3.63, 3.8) is 0 Å². The molecular weight excluding hydrogens is 335 g/mol. The van der Waals surface area contributed by atoms with Gasteiger partial charge in [0.05, 0.1) is 11.6 Å². The van der Waals surface area contributed by atoms with E-state index < -0.39 is 5.97 Å². The summed E-state index contributed by atoms with van der Waals surface area (Å²) in [5.41, 5.74) is 1.42. The summed E-state index contributed by atoms with van der Waals surface area (Å²) in [4.78, 5) is 15.6. The lowest BCUT2D eigenvalue weighted by atomic mass is 9.86. The summed E-state index contributed by atoms with van der Waals surface area (Å²) < 4.78 is 17.7. The molecule has 0 unspecified atom stereocenters. The standard InChI is InChI=1S/C19H19FN4O2/c20-14-4-7-17(24-10-1-8-22-24)16(12-14)18-21-9-11-23(18)15-5-2-13(3-6-15)19(25)26/h1,4,7-13,15H,2-3,5-6H2,(H,25,26). The number of imidazole rings is 1. The fraction of sp³-hybridized carbons (Fsp3) is 0.316. The summed E-state index contributed by atoms with van der Waals surface area (Å²) in [5, 5.41) is 13.4. The summed E-state index contributed by atoms with van der Waals surface area (Å²) in [5.74, 6) is -0.652. The van der Waals surface area contributed by atoms with Gasteiger partial charge in [0.25, 0.3) is 0 Å². The first-order chi connectivity index (χ1) is 12.6. The second-order valence-electron chi connectivity index (χ2n) is 6.61. The highest BCUT2D eigenvalue weighted by Gasteiger charge is 2.28. The molecule has 26 heavy (non-hydrogen) atoms. The maximum Gasteiger partial charge on any atom is 0.306 e. The summed E-state index contributed by atoms with van der Waals surface area (Å²) in [6.07, 6.45) is 9.91. The van der Waals surface area contributed by atoms with E-state index in [0.717, 1.165) is 18.5 Å². The molecule has 0 radical (unpaired) electrons. The van der Waals surface area contributed by atoms with E-state index in [1.165, 1.54) is 12.1 Å². The van der Waals surface area contributed by atoms with Crippen LogP contribution < -0.4 is 0 Å². The van der Waals surface area contributed by atoms with Crippen LogP contribution in [-0.4, -0.2) is 30.4 Å². The number of benzene rings is 1. The van der Waals surface area contributed by atoms with E-state index in [1.54, 1.807) is 23.1 Å². The highest BCUT2D eigenvalue weighted by molar-refractivity contribution is 5.70. The fourth-order valence-corrected chi connectivity index (χ4v) is 3.72. The van der Waals surface area contributed by atoms with Crippen molar-refractivity contribution in [3.8, 4) is 17.1 Å². The average molecular weight is 354 g/mol. The van der Waals surface area contributed by atoms with Crippen molar-refractivity contribution in [2.45, 2.75) is 31.7 Å². The van der Waals surface area contributed by atoms with Gasteiger partial charge in [0.1, 0.15) is 11.6 Å². The van der Waals surface area contributed by atoms with Crippen LogP contribution in [0.1, 0.15) is 31.7 Å². The number of nitrogens with zero attached hydrogens (tertiary/aromatic N) is 4. The van der Waals surface area contributed by atoms with Crippen molar-refractivity contribution in [1.29, 1.82) is 0 Å². The number of carbonyl (C=O) groups is 1. The number of aromatic nitrogens is 4. The molecule has 1 fully saturated rings. The normalized spacial score (nSPS) is 20.2. The molecule has 0 saturated heterocycles. The molecule has 4 rings (SSSR count). The van der Waals surface area contributed by atoms with Crippen LogP contribution in [0.2, 0.25) is 0 Å². The van der Waals surface area contributed by atoms with E-state index in [-0.39, 0.29) is 17.8 Å². The minimum atomic E-state index is -0.722. The van der Waals surface area contributed by atoms with Crippen LogP contribution in [0, 0.1) is 11.7 Å². The van der Waals surface area contributed by atoms with Crippen LogP contribution in [0.15, 0.2) is 49.1 Å². The Morgan fingerprint density at radius 2 is 1.96 bits per heavy atom. The second kappa shape index (κ2) is 6.74. The van der Waals surface area contributed by atoms with Crippen molar-refractivity contribution in [3.05, 3.63) is 54.9 Å². The van der Waals surface area contributed by atoms with Crippen molar-refractivity contribution < 1.29 is 14.3 Å². The molecule has 134 valence electrons. The Balaban J connectivity index is 1.70. The van der Waals surface area contributed by atoms with Gasteiger partial charge in [0, 0.05) is 36.4 Å². The van der Waals surface area contributed by atoms with E-state index in [9.17, 15) is 14.3 Å². The molecule has 0 spiro atoms. The fourth-order valence-electron chi connectivity index (χ4n) is 3.72. The van der Waals surface area contributed by atoms with Crippen molar-refractivity contribution in [2.75, 3.05) is 0 Å². The zero-order valence-electron chi connectivity index (χ0n) is 14.1. The van der Waals surface area contributed by atoms with Crippen LogP contribution >= 0.6 is 0 Å². The van der Waals surface area contributed by atoms with E-state index >= 15 is 0 Å². The molecule has 2 heterocycles. The monoisotopic (exact) mass is 354 g/mol. The van der Waals surface area contributed by atoms with Gasteiger partial charge < -0.3 is 9.67 Å². The average Bonchev–Trinajstić information content (AvgIpc) is 3.33. The third-order valence-electron chi connectivity index (χ3n) is 5.06. The number of carboxylic acid groups (broad SMARTS) is 1. The number of hydrogen-bond acceptors (Lipinski definition) is 3. The van der Waals surface area contributed by atoms with E-state index in [0.29, 0.717) is 24.2 Å². The Bertz CT molecular complexity index is 912. The van der Waals surface area contributed by atoms with Crippen LogP contribution in [0.25, 0.3) is 17.1 Å². The van der Waals surface area contributed by atoms with Crippen molar-refractivity contribution in [2.24, 2.45) is 5.92 Å². The van der Waals surface area contributed by atoms with Gasteiger partial charge in [-0.3, -0.25) is 4.79 Å². The van der Waals surface area contributed by atoms with Crippen LogP contribution in [0.5, 0.6) is 0 Å². The quantitative estimate of drug-likeness (QED) is 0.775. The Labute approximate surface area is 149 Å². The first-order valence-electron chi connectivity index (χ1n) is 8.69. The van der Waals surface area contributed by atoms with E-state index in [1.807, 2.05) is 23.0 Å². The summed E-state index contributed by atoms with van der Waals surface area (Å²) in [6, 6.07) is 6.55. The van der Waals surface area contributed by atoms with E-state index in [2.05, 4.69) is 10.1 Å². The number of rotatable bonds is 4. The van der Waals surface area contributed by atoms with Gasteiger partial charge in [-0.2, -0.15) is 5.10 Å². The summed E-state index contributed by atoms with van der Waals surface area (Å²) in [6.45, 7) is 0. The van der Waals surface area contributed by atoms with Gasteiger partial charge in [-0.1, -0.05) is 0 Å². The molecule has 1 aliphatic rings. The predicted molar refractivity (Wildman–Crippen MR) is 93.4 cm³/mol. The lowest BCUT2D eigenvalue weighted by Crippen LogP contribution is -2.23. The molecule has 0 amide bonds. The molecule has 0 atom stereocenters. The highest BCUT2D eigenvalue weighted by Crippen LogP contribution is 2.36. The van der Waals surface area contributed by atoms with Gasteiger partial charge >= 0.3 is 5.97 Å². The first kappa shape index (κ1) is 16.5. The summed E-state index contributed by atoms with van der Waals surface area (Å²) in [7, 11) is 0. The lowest BCUT2D eigenvalue weighted by Gasteiger charge is -2.28. The zero-order chi connectivity index (χ0) is 18.1. The molecule has 1 aliphatic carbocycles. The van der Waals surface area contributed by atoms with Gasteiger partial charge in [0.15, 0.2) is 0 Å². The smallest absolute Gasteiger partial charge is 0.306 e. The van der Waals surface area contributed by atoms with Crippen molar-refractivity contribution in [1.82, 2.24) is 19.3 Å². The predicted octanol–water partition coefficient (Wildman–Crippen LogP) is 3.69. The SMILES string of the molecule is O=C(O)C1CCC(n2ccnc2-c2cc(F)ccc2-n2cccn2)CC1. The molecular formula is C19H19FN4O2. The minimum absolute atomic E-state index is 0.164. The van der Waals surface area contributed by atoms with Crippen molar-refractivity contribution >= 4 is 5.97 Å². The third-order valence-corrected chi connectivity index (χ3v) is 5.06. The maximum absolute atomic E-state index is 14.0. The number of hydrogen-bond donors (Lipinski definition) is 1. The number of halogens is 1. The molecule has 3 aromatic rings. The second-order valence-corrected chi connectivity index (χ2v) is 6.61. The molecule has 0 bridgehead atoms. The van der Waals surface area contributed by atoms with Crippen LogP contribution in [0.3, 0.4) is 0 Å². The topological polar surface area (TPSA) is 72.9 Å². The van der Waals surface area contributed by atoms with Gasteiger partial charge in [-0.15, -0.1) is 0 Å². The Morgan fingerprint density at radius 3 is 2.65 bits per heavy atom. The molecule has 1 aromatic carbocycles. The van der Waals surface area contributed by atoms with Gasteiger partial charge in [0.2, 0.25) is 0 Å². The summed E-state index contributed by atoms with van der Waals surface area (Å²) >= 11 is 0. The Morgan fingerprint density at radius 1 is 1.15 bits per heavy atom. The van der Waals surface area contributed by atoms with E-state index in [4.69, 9.17) is 0 Å². The molecule has 6 nitrogen and oxygen atoms in total. The Hall–Kier alpha value is -2.96. The van der Waals surface area contributed by atoms with Gasteiger partial charge in [-0.05, 0) is 49.9 Å². The van der Waals surface area contributed by atoms with Crippen LogP contribution in [-0.2, 0) is 4.79 Å². The lowest BCUT2D eigenvalue weighted by molar-refractivity contribution is -0.143. The molecule has 2 aromatic heterocycles. The third kappa shape index (κ3) is 3.00. The minimum Gasteiger partial charge on any atom is -0.481 e. The number of aliphatic carboxylic acids is 1. The number of carboxylic acids is 1.